The van der Waals surface area contributed by atoms with Gasteiger partial charge in [0.2, 0.25) is 0 Å². The Morgan fingerprint density at radius 3 is 3.05 bits per heavy atom. The summed E-state index contributed by atoms with van der Waals surface area (Å²) in [6.07, 6.45) is 2.70. The summed E-state index contributed by atoms with van der Waals surface area (Å²) in [5.74, 6) is -0.199. The van der Waals surface area contributed by atoms with E-state index in [0.717, 1.165) is 25.0 Å². The lowest BCUT2D eigenvalue weighted by Gasteiger charge is -2.15. The van der Waals surface area contributed by atoms with E-state index >= 15 is 0 Å². The summed E-state index contributed by atoms with van der Waals surface area (Å²) in [6.45, 7) is 0. The molecule has 0 radical (unpaired) electrons. The van der Waals surface area contributed by atoms with E-state index in [4.69, 9.17) is 17.3 Å². The Morgan fingerprint density at radius 2 is 2.35 bits per heavy atom. The van der Waals surface area contributed by atoms with Gasteiger partial charge in [-0.25, -0.2) is 4.98 Å². The van der Waals surface area contributed by atoms with Crippen LogP contribution in [-0.2, 0) is 12.8 Å². The Morgan fingerprint density at radius 1 is 1.55 bits per heavy atom. The van der Waals surface area contributed by atoms with Crippen molar-refractivity contribution in [2.45, 2.75) is 25.3 Å². The SMILES string of the molecule is Cl.N[C@H]1CCc2nc(NC(=O)c3sccc3Cl)sc2C1. The van der Waals surface area contributed by atoms with E-state index in [2.05, 4.69) is 10.3 Å². The molecule has 3 N–H and O–H groups in total. The van der Waals surface area contributed by atoms with Gasteiger partial charge >= 0.3 is 0 Å². The maximum absolute atomic E-state index is 12.0. The highest BCUT2D eigenvalue weighted by molar-refractivity contribution is 7.16. The molecule has 108 valence electrons. The highest BCUT2D eigenvalue weighted by Gasteiger charge is 2.21. The Labute approximate surface area is 135 Å². The first-order valence-electron chi connectivity index (χ1n) is 5.92. The highest BCUT2D eigenvalue weighted by Crippen LogP contribution is 2.30. The van der Waals surface area contributed by atoms with Crippen molar-refractivity contribution in [3.8, 4) is 0 Å². The van der Waals surface area contributed by atoms with Crippen molar-refractivity contribution < 1.29 is 4.79 Å². The molecule has 1 aliphatic rings. The molecule has 0 saturated heterocycles. The molecule has 0 spiro atoms. The van der Waals surface area contributed by atoms with Gasteiger partial charge in [0, 0.05) is 10.9 Å². The largest absolute Gasteiger partial charge is 0.327 e. The van der Waals surface area contributed by atoms with Crippen LogP contribution in [0.2, 0.25) is 5.02 Å². The molecule has 20 heavy (non-hydrogen) atoms. The highest BCUT2D eigenvalue weighted by atomic mass is 35.5. The molecule has 4 nitrogen and oxygen atoms in total. The standard InChI is InChI=1S/C12H12ClN3OS2.ClH/c13-7-3-4-18-10(7)11(17)16-12-15-8-2-1-6(14)5-9(8)19-12;/h3-4,6H,1-2,5,14H2,(H,15,16,17);1H/t6-;/m0./s1. The Kier molecular flexibility index (Phi) is 5.04. The molecule has 2 heterocycles. The summed E-state index contributed by atoms with van der Waals surface area (Å²) >= 11 is 8.77. The number of rotatable bonds is 2. The minimum Gasteiger partial charge on any atom is -0.327 e. The number of nitrogens with one attached hydrogen (secondary N) is 1. The molecule has 1 amide bonds. The smallest absolute Gasteiger partial charge is 0.269 e. The zero-order valence-corrected chi connectivity index (χ0v) is 13.6. The summed E-state index contributed by atoms with van der Waals surface area (Å²) in [7, 11) is 0. The van der Waals surface area contributed by atoms with Crippen molar-refractivity contribution in [1.82, 2.24) is 4.98 Å². The number of nitrogens with two attached hydrogens (primary N) is 1. The number of anilines is 1. The van der Waals surface area contributed by atoms with Crippen LogP contribution in [0.3, 0.4) is 0 Å². The molecular weight excluding hydrogens is 337 g/mol. The van der Waals surface area contributed by atoms with Crippen molar-refractivity contribution in [3.05, 3.63) is 31.9 Å². The Balaban J connectivity index is 0.00000147. The van der Waals surface area contributed by atoms with E-state index in [-0.39, 0.29) is 24.4 Å². The molecule has 0 bridgehead atoms. The molecule has 3 rings (SSSR count). The second-order valence-corrected chi connectivity index (χ2v) is 6.85. The number of hydrogen-bond donors (Lipinski definition) is 2. The monoisotopic (exact) mass is 349 g/mol. The van der Waals surface area contributed by atoms with Crippen molar-refractivity contribution in [2.75, 3.05) is 5.32 Å². The van der Waals surface area contributed by atoms with Gasteiger partial charge in [-0.15, -0.1) is 35.1 Å². The zero-order chi connectivity index (χ0) is 13.4. The van der Waals surface area contributed by atoms with E-state index in [1.54, 1.807) is 11.4 Å². The lowest BCUT2D eigenvalue weighted by Crippen LogP contribution is -2.27. The topological polar surface area (TPSA) is 68.0 Å². The van der Waals surface area contributed by atoms with Crippen LogP contribution in [0.4, 0.5) is 5.13 Å². The molecule has 0 unspecified atom stereocenters. The number of aromatic nitrogens is 1. The van der Waals surface area contributed by atoms with Crippen molar-refractivity contribution in [1.29, 1.82) is 0 Å². The minimum absolute atomic E-state index is 0. The molecular formula is C12H13Cl2N3OS2. The Bertz CT molecular complexity index is 626. The first kappa shape index (κ1) is 15.7. The number of halogens is 2. The van der Waals surface area contributed by atoms with Gasteiger partial charge in [0.25, 0.3) is 5.91 Å². The van der Waals surface area contributed by atoms with Gasteiger partial charge in [-0.2, -0.15) is 0 Å². The van der Waals surface area contributed by atoms with Crippen LogP contribution in [0.25, 0.3) is 0 Å². The van der Waals surface area contributed by atoms with Crippen LogP contribution in [0.5, 0.6) is 0 Å². The molecule has 0 fully saturated rings. The summed E-state index contributed by atoms with van der Waals surface area (Å²) in [5.41, 5.74) is 7.00. The van der Waals surface area contributed by atoms with Crippen molar-refractivity contribution in [2.24, 2.45) is 5.73 Å². The number of fused-ring (bicyclic) bond motifs is 1. The quantitative estimate of drug-likeness (QED) is 0.873. The predicted molar refractivity (Wildman–Crippen MR) is 86.6 cm³/mol. The molecule has 1 aliphatic carbocycles. The van der Waals surface area contributed by atoms with Crippen molar-refractivity contribution >= 4 is 57.7 Å². The molecule has 0 aromatic carbocycles. The van der Waals surface area contributed by atoms with Gasteiger partial charge in [-0.3, -0.25) is 10.1 Å². The normalized spacial score (nSPS) is 17.2. The summed E-state index contributed by atoms with van der Waals surface area (Å²) in [6, 6.07) is 1.93. The molecule has 2 aromatic rings. The summed E-state index contributed by atoms with van der Waals surface area (Å²) in [4.78, 5) is 18.2. The third-order valence-electron chi connectivity index (χ3n) is 3.02. The second kappa shape index (κ2) is 6.41. The molecule has 2 aromatic heterocycles. The average molecular weight is 350 g/mol. The average Bonchev–Trinajstić information content (AvgIpc) is 2.94. The van der Waals surface area contributed by atoms with Gasteiger partial charge < -0.3 is 5.73 Å². The number of hydrogen-bond acceptors (Lipinski definition) is 5. The van der Waals surface area contributed by atoms with Gasteiger partial charge in [0.1, 0.15) is 4.88 Å². The van der Waals surface area contributed by atoms with Crippen molar-refractivity contribution in [3.63, 3.8) is 0 Å². The Hall–Kier alpha value is -0.660. The summed E-state index contributed by atoms with van der Waals surface area (Å²) < 4.78 is 0. The number of carbonyl (C=O) groups excluding carboxylic acids is 1. The lowest BCUT2D eigenvalue weighted by atomic mass is 9.99. The third kappa shape index (κ3) is 3.15. The maximum Gasteiger partial charge on any atom is 0.269 e. The van der Waals surface area contributed by atoms with Crippen LogP contribution in [0.15, 0.2) is 11.4 Å². The third-order valence-corrected chi connectivity index (χ3v) is 5.40. The van der Waals surface area contributed by atoms with E-state index in [1.807, 2.05) is 0 Å². The molecule has 8 heteroatoms. The number of aryl methyl sites for hydroxylation is 1. The summed E-state index contributed by atoms with van der Waals surface area (Å²) in [5, 5.41) is 5.72. The van der Waals surface area contributed by atoms with E-state index < -0.39 is 0 Å². The second-order valence-electron chi connectivity index (χ2n) is 4.44. The van der Waals surface area contributed by atoms with Crippen LogP contribution in [0.1, 0.15) is 26.7 Å². The fourth-order valence-corrected chi connectivity index (χ4v) is 4.20. The number of thiophene rings is 1. The van der Waals surface area contributed by atoms with Crippen LogP contribution in [-0.4, -0.2) is 16.9 Å². The number of amides is 1. The zero-order valence-electron chi connectivity index (χ0n) is 10.4. The number of carbonyl (C=O) groups is 1. The number of thiazole rings is 1. The number of nitrogens with zero attached hydrogens (tertiary/aromatic N) is 1. The lowest BCUT2D eigenvalue weighted by molar-refractivity contribution is 0.103. The van der Waals surface area contributed by atoms with Gasteiger partial charge in [0.05, 0.1) is 10.7 Å². The fourth-order valence-electron chi connectivity index (χ4n) is 2.06. The van der Waals surface area contributed by atoms with E-state index in [9.17, 15) is 4.79 Å². The molecule has 1 atom stereocenters. The van der Waals surface area contributed by atoms with Gasteiger partial charge in [-0.05, 0) is 30.7 Å². The molecule has 0 saturated carbocycles. The molecule has 0 aliphatic heterocycles. The first-order chi connectivity index (χ1) is 9.13. The van der Waals surface area contributed by atoms with Gasteiger partial charge in [0.15, 0.2) is 5.13 Å². The minimum atomic E-state index is -0.199. The fraction of sp³-hybridized carbons (Fsp3) is 0.333. The first-order valence-corrected chi connectivity index (χ1v) is 7.99. The maximum atomic E-state index is 12.0. The van der Waals surface area contributed by atoms with E-state index in [1.165, 1.54) is 27.6 Å². The van der Waals surface area contributed by atoms with Crippen LogP contribution < -0.4 is 11.1 Å². The predicted octanol–water partition coefficient (Wildman–Crippen LogP) is 3.35. The van der Waals surface area contributed by atoms with E-state index in [0.29, 0.717) is 15.0 Å². The van der Waals surface area contributed by atoms with Gasteiger partial charge in [-0.1, -0.05) is 11.6 Å². The van der Waals surface area contributed by atoms with Crippen LogP contribution >= 0.6 is 46.7 Å². The van der Waals surface area contributed by atoms with Crippen LogP contribution in [0, 0.1) is 0 Å².